The number of carbonyl (C=O) groups is 1. The van der Waals surface area contributed by atoms with E-state index in [0.29, 0.717) is 11.5 Å². The van der Waals surface area contributed by atoms with Gasteiger partial charge in [0.05, 0.1) is 6.61 Å². The molecule has 0 saturated heterocycles. The Labute approximate surface area is 164 Å². The first kappa shape index (κ1) is 21.7. The normalized spacial score (nSPS) is 20.9. The van der Waals surface area contributed by atoms with Gasteiger partial charge in [-0.3, -0.25) is 0 Å². The van der Waals surface area contributed by atoms with Crippen molar-refractivity contribution in [2.75, 3.05) is 13.2 Å². The molecule has 1 aromatic rings. The van der Waals surface area contributed by atoms with Crippen molar-refractivity contribution >= 4 is 5.97 Å². The standard InChI is InChI=1S/C24H36O3/c1-4-5-6-7-19-8-10-20(11-9-19)21-12-14-22(15-13-21)23(16-25)17-27-24(26)18(2)3/h12-15,19-20,23,25H,2,4-11,16-17H2,1,3H3. The number of unbranched alkanes of at least 4 members (excludes halogenated alkanes) is 2. The molecule has 1 saturated carbocycles. The lowest BCUT2D eigenvalue weighted by Gasteiger charge is -2.29. The van der Waals surface area contributed by atoms with Crippen LogP contribution in [0.4, 0.5) is 0 Å². The molecule has 1 aliphatic rings. The first-order valence-corrected chi connectivity index (χ1v) is 10.6. The molecule has 0 aliphatic heterocycles. The molecule has 2 rings (SSSR count). The zero-order valence-corrected chi connectivity index (χ0v) is 17.1. The van der Waals surface area contributed by atoms with Crippen LogP contribution in [0.5, 0.6) is 0 Å². The molecule has 1 aliphatic carbocycles. The van der Waals surface area contributed by atoms with Crippen LogP contribution < -0.4 is 0 Å². The number of ether oxygens (including phenoxy) is 1. The highest BCUT2D eigenvalue weighted by molar-refractivity contribution is 5.86. The van der Waals surface area contributed by atoms with Crippen LogP contribution in [0.2, 0.25) is 0 Å². The minimum Gasteiger partial charge on any atom is -0.462 e. The van der Waals surface area contributed by atoms with Crippen molar-refractivity contribution < 1.29 is 14.6 Å². The summed E-state index contributed by atoms with van der Waals surface area (Å²) in [4.78, 5) is 11.6. The number of aliphatic hydroxyl groups is 1. The zero-order valence-electron chi connectivity index (χ0n) is 17.1. The average molecular weight is 373 g/mol. The molecule has 1 unspecified atom stereocenters. The van der Waals surface area contributed by atoms with Crippen LogP contribution in [0.1, 0.15) is 88.2 Å². The van der Waals surface area contributed by atoms with E-state index in [1.54, 1.807) is 6.92 Å². The summed E-state index contributed by atoms with van der Waals surface area (Å²) >= 11 is 0. The third-order valence-corrected chi connectivity index (χ3v) is 5.93. The van der Waals surface area contributed by atoms with Gasteiger partial charge in [0.15, 0.2) is 0 Å². The molecule has 27 heavy (non-hydrogen) atoms. The molecule has 1 atom stereocenters. The van der Waals surface area contributed by atoms with Gasteiger partial charge in [-0.2, -0.15) is 0 Å². The van der Waals surface area contributed by atoms with Crippen LogP contribution in [-0.4, -0.2) is 24.3 Å². The molecule has 1 aromatic carbocycles. The second-order valence-corrected chi connectivity index (χ2v) is 8.14. The molecule has 150 valence electrons. The van der Waals surface area contributed by atoms with Crippen molar-refractivity contribution in [1.82, 2.24) is 0 Å². The van der Waals surface area contributed by atoms with E-state index in [1.165, 1.54) is 56.9 Å². The maximum atomic E-state index is 11.6. The summed E-state index contributed by atoms with van der Waals surface area (Å²) in [6.45, 7) is 7.63. The highest BCUT2D eigenvalue weighted by Crippen LogP contribution is 2.38. The predicted molar refractivity (Wildman–Crippen MR) is 111 cm³/mol. The molecule has 0 spiro atoms. The predicted octanol–water partition coefficient (Wildman–Crippen LogP) is 5.74. The zero-order chi connectivity index (χ0) is 19.6. The van der Waals surface area contributed by atoms with E-state index in [0.717, 1.165) is 11.5 Å². The van der Waals surface area contributed by atoms with E-state index in [1.807, 2.05) is 0 Å². The second-order valence-electron chi connectivity index (χ2n) is 8.14. The Morgan fingerprint density at radius 2 is 1.85 bits per heavy atom. The summed E-state index contributed by atoms with van der Waals surface area (Å²) in [7, 11) is 0. The Kier molecular flexibility index (Phi) is 9.06. The van der Waals surface area contributed by atoms with Crippen LogP contribution in [0.3, 0.4) is 0 Å². The van der Waals surface area contributed by atoms with Gasteiger partial charge in [0.1, 0.15) is 6.61 Å². The molecule has 0 aromatic heterocycles. The average Bonchev–Trinajstić information content (AvgIpc) is 2.69. The Morgan fingerprint density at radius 3 is 2.41 bits per heavy atom. The lowest BCUT2D eigenvalue weighted by molar-refractivity contribution is -0.139. The van der Waals surface area contributed by atoms with Crippen LogP contribution in [0, 0.1) is 5.92 Å². The van der Waals surface area contributed by atoms with E-state index in [2.05, 4.69) is 37.8 Å². The van der Waals surface area contributed by atoms with Crippen molar-refractivity contribution in [3.8, 4) is 0 Å². The third kappa shape index (κ3) is 6.80. The van der Waals surface area contributed by atoms with Crippen molar-refractivity contribution in [3.05, 3.63) is 47.5 Å². The summed E-state index contributed by atoms with van der Waals surface area (Å²) in [5, 5.41) is 9.65. The minimum absolute atomic E-state index is 0.0360. The lowest BCUT2D eigenvalue weighted by Crippen LogP contribution is -2.16. The van der Waals surface area contributed by atoms with E-state index < -0.39 is 5.97 Å². The summed E-state index contributed by atoms with van der Waals surface area (Å²) in [6, 6.07) is 8.55. The quantitative estimate of drug-likeness (QED) is 0.324. The number of esters is 1. The fourth-order valence-electron chi connectivity index (χ4n) is 4.06. The second kappa shape index (κ2) is 11.3. The lowest BCUT2D eigenvalue weighted by atomic mass is 9.77. The summed E-state index contributed by atoms with van der Waals surface area (Å²) < 4.78 is 5.21. The first-order chi connectivity index (χ1) is 13.0. The van der Waals surface area contributed by atoms with Crippen LogP contribution >= 0.6 is 0 Å². The van der Waals surface area contributed by atoms with Gasteiger partial charge in [-0.15, -0.1) is 0 Å². The van der Waals surface area contributed by atoms with Crippen molar-refractivity contribution in [1.29, 1.82) is 0 Å². The number of hydrogen-bond acceptors (Lipinski definition) is 3. The summed E-state index contributed by atoms with van der Waals surface area (Å²) in [6.07, 6.45) is 10.8. The first-order valence-electron chi connectivity index (χ1n) is 10.6. The molecule has 3 heteroatoms. The number of benzene rings is 1. The number of carbonyl (C=O) groups excluding carboxylic acids is 1. The number of aliphatic hydroxyl groups excluding tert-OH is 1. The van der Waals surface area contributed by atoms with Gasteiger partial charge in [0.25, 0.3) is 0 Å². The van der Waals surface area contributed by atoms with E-state index in [-0.39, 0.29) is 19.1 Å². The Hall–Kier alpha value is -1.61. The minimum atomic E-state index is -0.402. The Morgan fingerprint density at radius 1 is 1.19 bits per heavy atom. The van der Waals surface area contributed by atoms with Gasteiger partial charge in [0, 0.05) is 11.5 Å². The van der Waals surface area contributed by atoms with Gasteiger partial charge in [-0.05, 0) is 55.6 Å². The van der Waals surface area contributed by atoms with Crippen LogP contribution in [0.15, 0.2) is 36.4 Å². The van der Waals surface area contributed by atoms with Crippen LogP contribution in [-0.2, 0) is 9.53 Å². The van der Waals surface area contributed by atoms with Gasteiger partial charge in [0.2, 0.25) is 0 Å². The molecule has 0 heterocycles. The molecular weight excluding hydrogens is 336 g/mol. The number of hydrogen-bond donors (Lipinski definition) is 1. The molecule has 1 fully saturated rings. The van der Waals surface area contributed by atoms with Gasteiger partial charge in [-0.1, -0.05) is 63.5 Å². The molecule has 1 N–H and O–H groups in total. The van der Waals surface area contributed by atoms with Crippen LogP contribution in [0.25, 0.3) is 0 Å². The maximum Gasteiger partial charge on any atom is 0.333 e. The molecule has 0 radical (unpaired) electrons. The molecule has 0 bridgehead atoms. The van der Waals surface area contributed by atoms with Gasteiger partial charge in [-0.25, -0.2) is 4.79 Å². The largest absolute Gasteiger partial charge is 0.462 e. The van der Waals surface area contributed by atoms with E-state index in [4.69, 9.17) is 4.74 Å². The highest BCUT2D eigenvalue weighted by atomic mass is 16.5. The fourth-order valence-corrected chi connectivity index (χ4v) is 4.06. The Balaban J connectivity index is 1.85. The maximum absolute atomic E-state index is 11.6. The monoisotopic (exact) mass is 372 g/mol. The van der Waals surface area contributed by atoms with Gasteiger partial charge < -0.3 is 9.84 Å². The Bertz CT molecular complexity index is 582. The van der Waals surface area contributed by atoms with Crippen molar-refractivity contribution in [2.24, 2.45) is 5.92 Å². The SMILES string of the molecule is C=C(C)C(=O)OCC(CO)c1ccc(C2CCC(CCCCC)CC2)cc1. The van der Waals surface area contributed by atoms with Gasteiger partial charge >= 0.3 is 5.97 Å². The molecule has 3 nitrogen and oxygen atoms in total. The number of rotatable bonds is 10. The molecular formula is C24H36O3. The topological polar surface area (TPSA) is 46.5 Å². The third-order valence-electron chi connectivity index (χ3n) is 5.93. The fraction of sp³-hybridized carbons (Fsp3) is 0.625. The van der Waals surface area contributed by atoms with E-state index in [9.17, 15) is 9.90 Å². The summed E-state index contributed by atoms with van der Waals surface area (Å²) in [5.74, 6) is 1.00. The smallest absolute Gasteiger partial charge is 0.333 e. The van der Waals surface area contributed by atoms with Crippen molar-refractivity contribution in [3.63, 3.8) is 0 Å². The summed E-state index contributed by atoms with van der Waals surface area (Å²) in [5.41, 5.74) is 2.80. The molecule has 0 amide bonds. The van der Waals surface area contributed by atoms with Crippen molar-refractivity contribution in [2.45, 2.75) is 77.0 Å². The van der Waals surface area contributed by atoms with E-state index >= 15 is 0 Å². The highest BCUT2D eigenvalue weighted by Gasteiger charge is 2.22.